The van der Waals surface area contributed by atoms with Crippen molar-refractivity contribution in [1.29, 1.82) is 0 Å². The van der Waals surface area contributed by atoms with Crippen LogP contribution in [0.4, 0.5) is 5.69 Å². The van der Waals surface area contributed by atoms with E-state index in [4.69, 9.17) is 4.74 Å². The molecule has 2 saturated carbocycles. The number of hydrogen-bond donors (Lipinski definition) is 1. The third-order valence-electron chi connectivity index (χ3n) is 6.31. The summed E-state index contributed by atoms with van der Waals surface area (Å²) >= 11 is 0. The zero-order chi connectivity index (χ0) is 19.6. The molecule has 3 atom stereocenters. The number of esters is 1. The third kappa shape index (κ3) is 4.72. The zero-order valence-electron chi connectivity index (χ0n) is 17.1. The molecule has 3 rings (SSSR count). The van der Waals surface area contributed by atoms with Gasteiger partial charge in [0.2, 0.25) is 0 Å². The molecule has 1 N–H and O–H groups in total. The van der Waals surface area contributed by atoms with E-state index >= 15 is 0 Å². The number of benzene rings is 1. The Bertz CT molecular complexity index is 669. The molecule has 1 aromatic carbocycles. The predicted octanol–water partition coefficient (Wildman–Crippen LogP) is 5.24. The van der Waals surface area contributed by atoms with Gasteiger partial charge in [0.15, 0.2) is 6.61 Å². The Morgan fingerprint density at radius 1 is 1.07 bits per heavy atom. The summed E-state index contributed by atoms with van der Waals surface area (Å²) in [6.45, 7) is 8.26. The second-order valence-electron chi connectivity index (χ2n) is 8.97. The molecule has 2 aliphatic rings. The number of carbonyl (C=O) groups excluding carboxylic acids is 2. The van der Waals surface area contributed by atoms with E-state index in [0.29, 0.717) is 30.1 Å². The number of rotatable bonds is 7. The van der Waals surface area contributed by atoms with Gasteiger partial charge in [0, 0.05) is 12.1 Å². The Morgan fingerprint density at radius 3 is 2.26 bits per heavy atom. The first-order valence-corrected chi connectivity index (χ1v) is 10.4. The Hall–Kier alpha value is -1.84. The molecule has 4 nitrogen and oxygen atoms in total. The summed E-state index contributed by atoms with van der Waals surface area (Å²) in [5.74, 6) is 2.10. The quantitative estimate of drug-likeness (QED) is 0.667. The van der Waals surface area contributed by atoms with E-state index in [2.05, 4.69) is 33.0 Å². The first-order chi connectivity index (χ1) is 12.8. The Kier molecular flexibility index (Phi) is 6.23. The van der Waals surface area contributed by atoms with Crippen molar-refractivity contribution in [2.45, 2.75) is 71.6 Å². The van der Waals surface area contributed by atoms with Crippen LogP contribution in [0.5, 0.6) is 0 Å². The van der Waals surface area contributed by atoms with Crippen molar-refractivity contribution < 1.29 is 14.3 Å². The van der Waals surface area contributed by atoms with E-state index in [-0.39, 0.29) is 18.5 Å². The highest BCUT2D eigenvalue weighted by atomic mass is 16.5. The van der Waals surface area contributed by atoms with Crippen molar-refractivity contribution in [3.63, 3.8) is 0 Å². The minimum absolute atomic E-state index is 0.205. The normalized spacial score (nSPS) is 23.9. The van der Waals surface area contributed by atoms with Crippen molar-refractivity contribution >= 4 is 17.6 Å². The lowest BCUT2D eigenvalue weighted by Gasteiger charge is -2.21. The molecule has 0 heterocycles. The fraction of sp³-hybridized carbons (Fsp3) is 0.652. The van der Waals surface area contributed by atoms with Gasteiger partial charge in [-0.05, 0) is 60.0 Å². The van der Waals surface area contributed by atoms with E-state index in [1.807, 2.05) is 18.2 Å². The molecular formula is C23H33NO3. The molecule has 0 saturated heterocycles. The van der Waals surface area contributed by atoms with Gasteiger partial charge in [-0.1, -0.05) is 52.3 Å². The van der Waals surface area contributed by atoms with Gasteiger partial charge in [-0.15, -0.1) is 0 Å². The molecule has 27 heavy (non-hydrogen) atoms. The smallest absolute Gasteiger partial charge is 0.306 e. The SMILES string of the molecule is CC(C)c1cccc(C(C)C)c1NC(=O)COC(=O)C[C@H]1C[C@H]2CC[C@@H]1C2. The zero-order valence-corrected chi connectivity index (χ0v) is 17.1. The van der Waals surface area contributed by atoms with Crippen molar-refractivity contribution in [2.75, 3.05) is 11.9 Å². The Labute approximate surface area is 163 Å². The summed E-state index contributed by atoms with van der Waals surface area (Å²) in [4.78, 5) is 24.6. The van der Waals surface area contributed by atoms with Gasteiger partial charge in [0.25, 0.3) is 5.91 Å². The maximum Gasteiger partial charge on any atom is 0.306 e. The number of carbonyl (C=O) groups is 2. The lowest BCUT2D eigenvalue weighted by atomic mass is 9.86. The van der Waals surface area contributed by atoms with Gasteiger partial charge >= 0.3 is 5.97 Å². The average molecular weight is 372 g/mol. The van der Waals surface area contributed by atoms with Crippen molar-refractivity contribution in [1.82, 2.24) is 0 Å². The van der Waals surface area contributed by atoms with Gasteiger partial charge in [-0.2, -0.15) is 0 Å². The molecular weight excluding hydrogens is 338 g/mol. The molecule has 0 aliphatic heterocycles. The molecule has 0 aromatic heterocycles. The summed E-state index contributed by atoms with van der Waals surface area (Å²) in [7, 11) is 0. The lowest BCUT2D eigenvalue weighted by molar-refractivity contribution is -0.148. The molecule has 2 aliphatic carbocycles. The highest BCUT2D eigenvalue weighted by Crippen LogP contribution is 2.49. The van der Waals surface area contributed by atoms with Gasteiger partial charge in [-0.25, -0.2) is 0 Å². The van der Waals surface area contributed by atoms with Crippen LogP contribution in [-0.2, 0) is 14.3 Å². The highest BCUT2D eigenvalue weighted by molar-refractivity contribution is 5.94. The number of para-hydroxylation sites is 1. The first-order valence-electron chi connectivity index (χ1n) is 10.4. The van der Waals surface area contributed by atoms with E-state index in [1.165, 1.54) is 19.3 Å². The number of anilines is 1. The van der Waals surface area contributed by atoms with E-state index in [1.54, 1.807) is 0 Å². The summed E-state index contributed by atoms with van der Waals surface area (Å²) in [5.41, 5.74) is 3.10. The van der Waals surface area contributed by atoms with Gasteiger partial charge in [0.1, 0.15) is 0 Å². The number of hydrogen-bond acceptors (Lipinski definition) is 3. The molecule has 1 amide bonds. The monoisotopic (exact) mass is 371 g/mol. The van der Waals surface area contributed by atoms with Crippen LogP contribution in [0.15, 0.2) is 18.2 Å². The van der Waals surface area contributed by atoms with Crippen LogP contribution in [0.25, 0.3) is 0 Å². The third-order valence-corrected chi connectivity index (χ3v) is 6.31. The molecule has 2 bridgehead atoms. The number of fused-ring (bicyclic) bond motifs is 2. The maximum absolute atomic E-state index is 12.4. The predicted molar refractivity (Wildman–Crippen MR) is 108 cm³/mol. The number of ether oxygens (including phenoxy) is 1. The van der Waals surface area contributed by atoms with Crippen LogP contribution in [0.3, 0.4) is 0 Å². The average Bonchev–Trinajstić information content (AvgIpc) is 3.22. The van der Waals surface area contributed by atoms with Gasteiger partial charge in [-0.3, -0.25) is 9.59 Å². The van der Waals surface area contributed by atoms with Crippen LogP contribution in [0.1, 0.15) is 82.8 Å². The largest absolute Gasteiger partial charge is 0.456 e. The molecule has 1 aromatic rings. The van der Waals surface area contributed by atoms with E-state index in [9.17, 15) is 9.59 Å². The molecule has 148 valence electrons. The van der Waals surface area contributed by atoms with Crippen LogP contribution >= 0.6 is 0 Å². The molecule has 4 heteroatoms. The molecule has 2 fully saturated rings. The summed E-state index contributed by atoms with van der Waals surface area (Å²) in [5, 5.41) is 3.00. The summed E-state index contributed by atoms with van der Waals surface area (Å²) in [6.07, 6.45) is 5.49. The van der Waals surface area contributed by atoms with Crippen molar-refractivity contribution in [2.24, 2.45) is 17.8 Å². The first kappa shape index (κ1) is 19.9. The summed E-state index contributed by atoms with van der Waals surface area (Å²) in [6, 6.07) is 6.14. The second-order valence-corrected chi connectivity index (χ2v) is 8.97. The lowest BCUT2D eigenvalue weighted by Crippen LogP contribution is -2.24. The summed E-state index contributed by atoms with van der Waals surface area (Å²) < 4.78 is 5.30. The van der Waals surface area contributed by atoms with Crippen molar-refractivity contribution in [3.8, 4) is 0 Å². The van der Waals surface area contributed by atoms with Gasteiger partial charge < -0.3 is 10.1 Å². The second kappa shape index (κ2) is 8.45. The van der Waals surface area contributed by atoms with Gasteiger partial charge in [0.05, 0.1) is 0 Å². The fourth-order valence-electron chi connectivity index (χ4n) is 4.92. The topological polar surface area (TPSA) is 55.4 Å². The van der Waals surface area contributed by atoms with Crippen LogP contribution in [0, 0.1) is 17.8 Å². The van der Waals surface area contributed by atoms with Crippen LogP contribution < -0.4 is 5.32 Å². The Balaban J connectivity index is 1.55. The Morgan fingerprint density at radius 2 is 1.74 bits per heavy atom. The van der Waals surface area contributed by atoms with Crippen LogP contribution in [0.2, 0.25) is 0 Å². The highest BCUT2D eigenvalue weighted by Gasteiger charge is 2.40. The van der Waals surface area contributed by atoms with E-state index < -0.39 is 0 Å². The molecule has 0 spiro atoms. The fourth-order valence-corrected chi connectivity index (χ4v) is 4.92. The minimum Gasteiger partial charge on any atom is -0.456 e. The van der Waals surface area contributed by atoms with Crippen molar-refractivity contribution in [3.05, 3.63) is 29.3 Å². The van der Waals surface area contributed by atoms with E-state index in [0.717, 1.165) is 29.2 Å². The standard InChI is InChI=1S/C23H33NO3/c1-14(2)19-6-5-7-20(15(3)4)23(19)24-21(25)13-27-22(26)12-18-11-16-8-9-17(18)10-16/h5-7,14-18H,8-13H2,1-4H3,(H,24,25)/t16-,17+,18+/m0/s1. The minimum atomic E-state index is -0.258. The maximum atomic E-state index is 12.4. The number of nitrogens with one attached hydrogen (secondary N) is 1. The van der Waals surface area contributed by atoms with Crippen LogP contribution in [-0.4, -0.2) is 18.5 Å². The molecule has 0 radical (unpaired) electrons. The molecule has 0 unspecified atom stereocenters. The number of amides is 1.